The van der Waals surface area contributed by atoms with Gasteiger partial charge in [-0.3, -0.25) is 0 Å². The topological polar surface area (TPSA) is 67.0 Å². The van der Waals surface area contributed by atoms with Crippen molar-refractivity contribution in [2.45, 2.75) is 30.2 Å². The fourth-order valence-corrected chi connectivity index (χ4v) is 4.28. The third-order valence-corrected chi connectivity index (χ3v) is 5.40. The van der Waals surface area contributed by atoms with Crippen LogP contribution in [-0.4, -0.2) is 27.0 Å². The van der Waals surface area contributed by atoms with Crippen molar-refractivity contribution in [2.24, 2.45) is 5.73 Å². The molecular formula is C15H20ClN3OS2. The molecule has 0 radical (unpaired) electrons. The van der Waals surface area contributed by atoms with Crippen molar-refractivity contribution < 1.29 is 5.11 Å². The third-order valence-electron chi connectivity index (χ3n) is 3.82. The van der Waals surface area contributed by atoms with Crippen molar-refractivity contribution in [3.63, 3.8) is 0 Å². The Bertz CT molecular complexity index is 698. The highest BCUT2D eigenvalue weighted by Crippen LogP contribution is 2.37. The minimum atomic E-state index is 0. The van der Waals surface area contributed by atoms with Crippen LogP contribution in [0.3, 0.4) is 0 Å². The van der Waals surface area contributed by atoms with E-state index in [0.717, 1.165) is 29.8 Å². The summed E-state index contributed by atoms with van der Waals surface area (Å²) in [4.78, 5) is 4.42. The van der Waals surface area contributed by atoms with Gasteiger partial charge in [-0.05, 0) is 61.8 Å². The molecule has 7 heteroatoms. The molecule has 0 spiro atoms. The van der Waals surface area contributed by atoms with Gasteiger partial charge in [-0.15, -0.1) is 24.2 Å². The van der Waals surface area contributed by atoms with Crippen LogP contribution >= 0.6 is 36.4 Å². The number of H-pyrrole nitrogens is 1. The van der Waals surface area contributed by atoms with Gasteiger partial charge in [-0.2, -0.15) is 0 Å². The Morgan fingerprint density at radius 2 is 2.27 bits per heavy atom. The maximum Gasteiger partial charge on any atom is 0.177 e. The summed E-state index contributed by atoms with van der Waals surface area (Å²) in [6, 6.07) is 5.94. The van der Waals surface area contributed by atoms with E-state index in [2.05, 4.69) is 9.55 Å². The number of phenolic OH excluding ortho intramolecular Hbond substituents is 1. The number of nitrogens with two attached hydrogens (primary N) is 1. The fourth-order valence-electron chi connectivity index (χ4n) is 2.82. The van der Waals surface area contributed by atoms with Crippen LogP contribution in [0, 0.1) is 4.77 Å². The van der Waals surface area contributed by atoms with Crippen molar-refractivity contribution in [3.8, 4) is 5.75 Å². The van der Waals surface area contributed by atoms with Crippen molar-refractivity contribution >= 4 is 36.4 Å². The lowest BCUT2D eigenvalue weighted by Gasteiger charge is -2.27. The van der Waals surface area contributed by atoms with Gasteiger partial charge in [0.1, 0.15) is 5.75 Å². The van der Waals surface area contributed by atoms with Crippen LogP contribution in [0.2, 0.25) is 0 Å². The maximum absolute atomic E-state index is 9.67. The predicted octanol–water partition coefficient (Wildman–Crippen LogP) is 3.45. The number of thioether (sulfide) groups is 1. The van der Waals surface area contributed by atoms with Crippen LogP contribution in [0.15, 0.2) is 29.3 Å². The summed E-state index contributed by atoms with van der Waals surface area (Å²) < 4.78 is 3.00. The van der Waals surface area contributed by atoms with Gasteiger partial charge >= 0.3 is 0 Å². The zero-order valence-electron chi connectivity index (χ0n) is 12.1. The zero-order chi connectivity index (χ0) is 14.8. The van der Waals surface area contributed by atoms with E-state index in [4.69, 9.17) is 18.0 Å². The van der Waals surface area contributed by atoms with Crippen LogP contribution < -0.4 is 5.73 Å². The highest BCUT2D eigenvalue weighted by atomic mass is 35.5. The standard InChI is InChI=1S/C15H19N3OS2.ClH/c16-5-1-2-11-8-17-15(20)18(11)12-6-10-7-13(19)3-4-14(10)21-9-12;/h3-4,7-8,12,19H,1-2,5-6,9,16H2,(H,17,20);1H/t12-;/m1./s1. The first kappa shape index (κ1) is 17.4. The second-order valence-electron chi connectivity index (χ2n) is 5.31. The van der Waals surface area contributed by atoms with E-state index in [1.165, 1.54) is 16.2 Å². The number of imidazole rings is 1. The second-order valence-corrected chi connectivity index (χ2v) is 6.76. The van der Waals surface area contributed by atoms with E-state index in [0.29, 0.717) is 18.3 Å². The first-order valence-electron chi connectivity index (χ1n) is 7.12. The summed E-state index contributed by atoms with van der Waals surface area (Å²) >= 11 is 7.27. The summed E-state index contributed by atoms with van der Waals surface area (Å²) in [6.45, 7) is 0.689. The lowest BCUT2D eigenvalue weighted by Crippen LogP contribution is -2.20. The van der Waals surface area contributed by atoms with Gasteiger partial charge in [0.2, 0.25) is 0 Å². The van der Waals surface area contributed by atoms with Gasteiger partial charge < -0.3 is 20.4 Å². The van der Waals surface area contributed by atoms with E-state index in [9.17, 15) is 5.11 Å². The summed E-state index contributed by atoms with van der Waals surface area (Å²) in [5, 5.41) is 9.67. The first-order valence-corrected chi connectivity index (χ1v) is 8.52. The number of benzene rings is 1. The Morgan fingerprint density at radius 3 is 3.05 bits per heavy atom. The molecule has 1 aromatic carbocycles. The number of aromatic hydroxyl groups is 1. The lowest BCUT2D eigenvalue weighted by atomic mass is 10.1. The number of nitrogens with zero attached hydrogens (tertiary/aromatic N) is 1. The number of aromatic amines is 1. The van der Waals surface area contributed by atoms with E-state index in [1.807, 2.05) is 30.1 Å². The molecule has 0 saturated carbocycles. The molecule has 3 rings (SSSR count). The van der Waals surface area contributed by atoms with E-state index < -0.39 is 0 Å². The van der Waals surface area contributed by atoms with Crippen LogP contribution in [0.1, 0.15) is 23.7 Å². The molecule has 0 fully saturated rings. The molecule has 0 amide bonds. The molecule has 1 aliphatic heterocycles. The molecule has 4 nitrogen and oxygen atoms in total. The predicted molar refractivity (Wildman–Crippen MR) is 95.8 cm³/mol. The molecule has 0 aliphatic carbocycles. The fraction of sp³-hybridized carbons (Fsp3) is 0.400. The third kappa shape index (κ3) is 3.51. The highest BCUT2D eigenvalue weighted by Gasteiger charge is 2.23. The van der Waals surface area contributed by atoms with Gasteiger partial charge in [-0.25, -0.2) is 0 Å². The number of hydrogen-bond acceptors (Lipinski definition) is 4. The average Bonchev–Trinajstić information content (AvgIpc) is 2.85. The van der Waals surface area contributed by atoms with E-state index in [1.54, 1.807) is 6.07 Å². The average molecular weight is 358 g/mol. The molecule has 0 unspecified atom stereocenters. The first-order chi connectivity index (χ1) is 10.2. The van der Waals surface area contributed by atoms with E-state index in [-0.39, 0.29) is 12.4 Å². The van der Waals surface area contributed by atoms with Crippen LogP contribution in [0.5, 0.6) is 5.75 Å². The summed E-state index contributed by atoms with van der Waals surface area (Å²) in [5.41, 5.74) is 8.03. The summed E-state index contributed by atoms with van der Waals surface area (Å²) in [6.07, 6.45) is 4.81. The Morgan fingerprint density at radius 1 is 1.45 bits per heavy atom. The van der Waals surface area contributed by atoms with Crippen LogP contribution in [0.4, 0.5) is 0 Å². The molecule has 1 aliphatic rings. The van der Waals surface area contributed by atoms with E-state index >= 15 is 0 Å². The van der Waals surface area contributed by atoms with Crippen molar-refractivity contribution in [1.82, 2.24) is 9.55 Å². The molecule has 22 heavy (non-hydrogen) atoms. The Balaban J connectivity index is 0.00000176. The molecule has 0 saturated heterocycles. The number of aryl methyl sites for hydroxylation is 1. The number of aromatic nitrogens is 2. The van der Waals surface area contributed by atoms with Gasteiger partial charge in [-0.1, -0.05) is 0 Å². The Hall–Kier alpha value is -0.950. The maximum atomic E-state index is 9.67. The number of halogens is 1. The smallest absolute Gasteiger partial charge is 0.177 e. The molecule has 120 valence electrons. The molecule has 1 aromatic heterocycles. The van der Waals surface area contributed by atoms with Crippen LogP contribution in [-0.2, 0) is 12.8 Å². The molecule has 2 heterocycles. The largest absolute Gasteiger partial charge is 0.508 e. The number of phenols is 1. The lowest BCUT2D eigenvalue weighted by molar-refractivity contribution is 0.470. The molecule has 0 bridgehead atoms. The quantitative estimate of drug-likeness (QED) is 0.733. The Labute approximate surface area is 145 Å². The van der Waals surface area contributed by atoms with Gasteiger partial charge in [0.05, 0.1) is 0 Å². The zero-order valence-corrected chi connectivity index (χ0v) is 14.6. The molecule has 1 atom stereocenters. The van der Waals surface area contributed by atoms with Gasteiger partial charge in [0.15, 0.2) is 4.77 Å². The minimum Gasteiger partial charge on any atom is -0.508 e. The number of hydrogen-bond donors (Lipinski definition) is 3. The monoisotopic (exact) mass is 357 g/mol. The van der Waals surface area contributed by atoms with Crippen molar-refractivity contribution in [2.75, 3.05) is 12.3 Å². The van der Waals surface area contributed by atoms with Gasteiger partial charge in [0.25, 0.3) is 0 Å². The summed E-state index contributed by atoms with van der Waals surface area (Å²) in [5.74, 6) is 1.33. The molecule has 4 N–H and O–H groups in total. The number of nitrogens with one attached hydrogen (secondary N) is 1. The molecular weight excluding hydrogens is 338 g/mol. The number of fused-ring (bicyclic) bond motifs is 1. The number of rotatable bonds is 4. The van der Waals surface area contributed by atoms with Crippen molar-refractivity contribution in [3.05, 3.63) is 40.4 Å². The second kappa shape index (κ2) is 7.55. The highest BCUT2D eigenvalue weighted by molar-refractivity contribution is 7.99. The SMILES string of the molecule is Cl.NCCCc1c[nH]c(=S)n1[C@H]1CSc2ccc(O)cc2C1. The summed E-state index contributed by atoms with van der Waals surface area (Å²) in [7, 11) is 0. The van der Waals surface area contributed by atoms with Crippen LogP contribution in [0.25, 0.3) is 0 Å². The molecule has 2 aromatic rings. The minimum absolute atomic E-state index is 0. The normalized spacial score (nSPS) is 16.9. The Kier molecular flexibility index (Phi) is 5.97. The van der Waals surface area contributed by atoms with Crippen molar-refractivity contribution in [1.29, 1.82) is 0 Å². The van der Waals surface area contributed by atoms with Gasteiger partial charge in [0, 0.05) is 28.6 Å².